The van der Waals surface area contributed by atoms with Gasteiger partial charge in [0, 0.05) is 11.8 Å². The quantitative estimate of drug-likeness (QED) is 0.469. The van der Waals surface area contributed by atoms with Crippen LogP contribution in [0.25, 0.3) is 0 Å². The number of aryl methyl sites for hydroxylation is 1. The molecule has 0 unspecified atom stereocenters. The standard InChI is InChI=1S/C16H14ClN3O4S/c1-10-4-2-3-5-14(10)24-9-15(21)19-16(25)18-11-6-7-12(17)13(8-11)20(22)23/h2-8H,9H2,1H3,(H2,18,19,21,25). The molecule has 0 fully saturated rings. The SMILES string of the molecule is Cc1ccccc1OCC(=O)NC(=S)Nc1ccc(Cl)c([N+](=O)[O-])c1. The van der Waals surface area contributed by atoms with E-state index in [-0.39, 0.29) is 22.4 Å². The second-order valence-electron chi connectivity index (χ2n) is 4.98. The van der Waals surface area contributed by atoms with Crippen LogP contribution in [0.15, 0.2) is 42.5 Å². The highest BCUT2D eigenvalue weighted by atomic mass is 35.5. The zero-order valence-electron chi connectivity index (χ0n) is 13.1. The Morgan fingerprint density at radius 2 is 2.04 bits per heavy atom. The van der Waals surface area contributed by atoms with E-state index in [0.29, 0.717) is 11.4 Å². The maximum atomic E-state index is 11.9. The molecule has 2 rings (SSSR count). The molecule has 2 aromatic rings. The smallest absolute Gasteiger partial charge is 0.289 e. The van der Waals surface area contributed by atoms with Gasteiger partial charge in [-0.3, -0.25) is 20.2 Å². The molecule has 130 valence electrons. The molecule has 1 amide bonds. The molecular formula is C16H14ClN3O4S. The van der Waals surface area contributed by atoms with E-state index in [4.69, 9.17) is 28.6 Å². The Balaban J connectivity index is 1.89. The number of thiocarbonyl (C=S) groups is 1. The minimum atomic E-state index is -0.606. The van der Waals surface area contributed by atoms with Crippen molar-refractivity contribution in [2.75, 3.05) is 11.9 Å². The predicted molar refractivity (Wildman–Crippen MR) is 99.1 cm³/mol. The summed E-state index contributed by atoms with van der Waals surface area (Å²) in [6, 6.07) is 11.4. The fraction of sp³-hybridized carbons (Fsp3) is 0.125. The topological polar surface area (TPSA) is 93.5 Å². The van der Waals surface area contributed by atoms with Crippen LogP contribution in [0.2, 0.25) is 5.02 Å². The lowest BCUT2D eigenvalue weighted by molar-refractivity contribution is -0.384. The maximum Gasteiger partial charge on any atom is 0.289 e. The molecule has 0 atom stereocenters. The molecule has 0 saturated heterocycles. The summed E-state index contributed by atoms with van der Waals surface area (Å²) in [5, 5.41) is 16.0. The lowest BCUT2D eigenvalue weighted by Crippen LogP contribution is -2.37. The third-order valence-corrected chi connectivity index (χ3v) is 3.63. The fourth-order valence-corrected chi connectivity index (χ4v) is 2.34. The summed E-state index contributed by atoms with van der Waals surface area (Å²) in [5.74, 6) is 0.147. The summed E-state index contributed by atoms with van der Waals surface area (Å²) in [6.07, 6.45) is 0. The molecule has 0 heterocycles. The first kappa shape index (κ1) is 18.6. The van der Waals surface area contributed by atoms with Gasteiger partial charge in [-0.15, -0.1) is 0 Å². The highest BCUT2D eigenvalue weighted by Crippen LogP contribution is 2.27. The monoisotopic (exact) mass is 379 g/mol. The number of carbonyl (C=O) groups is 1. The van der Waals surface area contributed by atoms with E-state index in [9.17, 15) is 14.9 Å². The molecular weight excluding hydrogens is 366 g/mol. The molecule has 0 saturated carbocycles. The zero-order chi connectivity index (χ0) is 18.4. The summed E-state index contributed by atoms with van der Waals surface area (Å²) in [5.41, 5.74) is 0.981. The number of hydrogen-bond acceptors (Lipinski definition) is 5. The Morgan fingerprint density at radius 1 is 1.32 bits per heavy atom. The average Bonchev–Trinajstić information content (AvgIpc) is 2.55. The number of carbonyl (C=O) groups excluding carboxylic acids is 1. The number of rotatable bonds is 5. The van der Waals surface area contributed by atoms with Gasteiger partial charge in [0.1, 0.15) is 10.8 Å². The Hall–Kier alpha value is -2.71. The van der Waals surface area contributed by atoms with Crippen molar-refractivity contribution < 1.29 is 14.5 Å². The van der Waals surface area contributed by atoms with E-state index in [2.05, 4.69) is 10.6 Å². The van der Waals surface area contributed by atoms with Crippen LogP contribution < -0.4 is 15.4 Å². The first-order chi connectivity index (χ1) is 11.9. The van der Waals surface area contributed by atoms with E-state index in [0.717, 1.165) is 5.56 Å². The minimum absolute atomic E-state index is 0.00463. The van der Waals surface area contributed by atoms with Crippen LogP contribution in [0.1, 0.15) is 5.56 Å². The third kappa shape index (κ3) is 5.40. The number of nitrogens with zero attached hydrogens (tertiary/aromatic N) is 1. The number of benzene rings is 2. The Labute approximate surface area is 154 Å². The van der Waals surface area contributed by atoms with E-state index in [1.165, 1.54) is 18.2 Å². The number of ether oxygens (including phenoxy) is 1. The molecule has 7 nitrogen and oxygen atoms in total. The number of anilines is 1. The van der Waals surface area contributed by atoms with E-state index in [1.807, 2.05) is 19.1 Å². The van der Waals surface area contributed by atoms with Crippen molar-refractivity contribution in [3.8, 4) is 5.75 Å². The third-order valence-electron chi connectivity index (χ3n) is 3.11. The molecule has 0 aliphatic heterocycles. The number of nitro benzene ring substituents is 1. The van der Waals surface area contributed by atoms with Crippen LogP contribution >= 0.6 is 23.8 Å². The van der Waals surface area contributed by atoms with Gasteiger partial charge in [0.15, 0.2) is 11.7 Å². The lowest BCUT2D eigenvalue weighted by atomic mass is 10.2. The number of amides is 1. The molecule has 0 radical (unpaired) electrons. The summed E-state index contributed by atoms with van der Waals surface area (Å²) < 4.78 is 5.41. The largest absolute Gasteiger partial charge is 0.483 e. The second kappa shape index (κ2) is 8.41. The van der Waals surface area contributed by atoms with Gasteiger partial charge < -0.3 is 10.1 Å². The van der Waals surface area contributed by atoms with Crippen molar-refractivity contribution in [1.29, 1.82) is 0 Å². The van der Waals surface area contributed by atoms with Crippen molar-refractivity contribution in [2.24, 2.45) is 0 Å². The van der Waals surface area contributed by atoms with E-state index >= 15 is 0 Å². The number of nitrogens with one attached hydrogen (secondary N) is 2. The van der Waals surface area contributed by atoms with Gasteiger partial charge in [-0.2, -0.15) is 0 Å². The number of nitro groups is 1. The summed E-state index contributed by atoms with van der Waals surface area (Å²) in [7, 11) is 0. The summed E-state index contributed by atoms with van der Waals surface area (Å²) in [6.45, 7) is 1.65. The van der Waals surface area contributed by atoms with Gasteiger partial charge in [0.25, 0.3) is 11.6 Å². The minimum Gasteiger partial charge on any atom is -0.483 e. The van der Waals surface area contributed by atoms with Crippen molar-refractivity contribution in [2.45, 2.75) is 6.92 Å². The van der Waals surface area contributed by atoms with E-state index in [1.54, 1.807) is 12.1 Å². The van der Waals surface area contributed by atoms with Crippen LogP contribution in [0.4, 0.5) is 11.4 Å². The van der Waals surface area contributed by atoms with Crippen LogP contribution in [0.3, 0.4) is 0 Å². The van der Waals surface area contributed by atoms with Gasteiger partial charge in [-0.1, -0.05) is 29.8 Å². The van der Waals surface area contributed by atoms with E-state index < -0.39 is 10.8 Å². The lowest BCUT2D eigenvalue weighted by Gasteiger charge is -2.11. The van der Waals surface area contributed by atoms with Crippen LogP contribution in [0.5, 0.6) is 5.75 Å². The molecule has 0 aliphatic carbocycles. The molecule has 9 heteroatoms. The molecule has 0 aliphatic rings. The molecule has 2 N–H and O–H groups in total. The highest BCUT2D eigenvalue weighted by molar-refractivity contribution is 7.80. The first-order valence-corrected chi connectivity index (χ1v) is 7.88. The molecule has 25 heavy (non-hydrogen) atoms. The molecule has 0 aromatic heterocycles. The molecule has 0 bridgehead atoms. The Kier molecular flexibility index (Phi) is 6.26. The van der Waals surface area contributed by atoms with Gasteiger partial charge >= 0.3 is 0 Å². The zero-order valence-corrected chi connectivity index (χ0v) is 14.7. The van der Waals surface area contributed by atoms with Gasteiger partial charge in [0.2, 0.25) is 0 Å². The summed E-state index contributed by atoms with van der Waals surface area (Å²) >= 11 is 10.7. The maximum absolute atomic E-state index is 11.9. The first-order valence-electron chi connectivity index (χ1n) is 7.10. The van der Waals surface area contributed by atoms with Crippen LogP contribution in [-0.4, -0.2) is 22.5 Å². The average molecular weight is 380 g/mol. The Morgan fingerprint density at radius 3 is 2.72 bits per heavy atom. The van der Waals surface area contributed by atoms with Crippen LogP contribution in [-0.2, 0) is 4.79 Å². The van der Waals surface area contributed by atoms with Crippen LogP contribution in [0, 0.1) is 17.0 Å². The van der Waals surface area contributed by atoms with Gasteiger partial charge in [0.05, 0.1) is 4.92 Å². The fourth-order valence-electron chi connectivity index (χ4n) is 1.92. The summed E-state index contributed by atoms with van der Waals surface area (Å²) in [4.78, 5) is 22.1. The van der Waals surface area contributed by atoms with Gasteiger partial charge in [-0.05, 0) is 42.9 Å². The second-order valence-corrected chi connectivity index (χ2v) is 5.80. The van der Waals surface area contributed by atoms with Crippen molar-refractivity contribution in [3.05, 3.63) is 63.2 Å². The number of hydrogen-bond donors (Lipinski definition) is 2. The van der Waals surface area contributed by atoms with Crippen molar-refractivity contribution in [3.63, 3.8) is 0 Å². The Bertz CT molecular complexity index is 829. The number of halogens is 1. The van der Waals surface area contributed by atoms with Gasteiger partial charge in [-0.25, -0.2) is 0 Å². The predicted octanol–water partition coefficient (Wildman–Crippen LogP) is 3.45. The normalized spacial score (nSPS) is 10.0. The van der Waals surface area contributed by atoms with Crippen molar-refractivity contribution in [1.82, 2.24) is 5.32 Å². The van der Waals surface area contributed by atoms with Crippen molar-refractivity contribution >= 4 is 46.2 Å². The molecule has 0 spiro atoms. The molecule has 2 aromatic carbocycles. The number of para-hydroxylation sites is 1. The highest BCUT2D eigenvalue weighted by Gasteiger charge is 2.14.